The van der Waals surface area contributed by atoms with Crippen molar-refractivity contribution in [1.82, 2.24) is 5.32 Å². The number of aliphatic hydroxyl groups is 3. The predicted octanol–water partition coefficient (Wildman–Crippen LogP) is 11.9. The fraction of sp³-hybridized carbons (Fsp3) is 0.976. The Bertz CT molecular complexity index is 615. The first-order valence-electron chi connectivity index (χ1n) is 21.3. The first kappa shape index (κ1) is 46.4. The number of rotatable bonds is 39. The third kappa shape index (κ3) is 35.0. The van der Waals surface area contributed by atoms with Gasteiger partial charge >= 0.3 is 0 Å². The average Bonchev–Trinajstić information content (AvgIpc) is 3.06. The number of unbranched alkanes of at least 4 members (excludes halogenated alkanes) is 30. The lowest BCUT2D eigenvalue weighted by atomic mass is 10.0. The van der Waals surface area contributed by atoms with Gasteiger partial charge < -0.3 is 20.6 Å². The molecule has 1 amide bonds. The van der Waals surface area contributed by atoms with E-state index in [1.54, 1.807) is 0 Å². The lowest BCUT2D eigenvalue weighted by Crippen LogP contribution is -2.46. The quantitative estimate of drug-likeness (QED) is 0.0491. The van der Waals surface area contributed by atoms with Gasteiger partial charge in [0, 0.05) is 0 Å². The van der Waals surface area contributed by atoms with E-state index in [1.807, 2.05) is 0 Å². The minimum Gasteiger partial charge on any atom is -0.394 e. The van der Waals surface area contributed by atoms with E-state index in [0.29, 0.717) is 12.8 Å². The second-order valence-electron chi connectivity index (χ2n) is 15.0. The molecule has 3 atom stereocenters. The van der Waals surface area contributed by atoms with Gasteiger partial charge in [0.1, 0.15) is 0 Å². The van der Waals surface area contributed by atoms with E-state index in [1.165, 1.54) is 180 Å². The summed E-state index contributed by atoms with van der Waals surface area (Å²) in [6.45, 7) is 4.23. The molecule has 4 N–H and O–H groups in total. The van der Waals surface area contributed by atoms with E-state index in [9.17, 15) is 20.1 Å². The Hall–Kier alpha value is -0.650. The minimum atomic E-state index is -0.742. The average molecular weight is 668 g/mol. The molecule has 0 radical (unpaired) electrons. The van der Waals surface area contributed by atoms with Gasteiger partial charge in [0.2, 0.25) is 5.91 Å². The molecule has 0 heterocycles. The Balaban J connectivity index is 3.47. The summed E-state index contributed by atoms with van der Waals surface area (Å²) in [4.78, 5) is 12.3. The van der Waals surface area contributed by atoms with Crippen LogP contribution in [0.4, 0.5) is 0 Å². The van der Waals surface area contributed by atoms with Crippen molar-refractivity contribution in [2.24, 2.45) is 0 Å². The molecule has 0 fully saturated rings. The van der Waals surface area contributed by atoms with Crippen LogP contribution in [-0.4, -0.2) is 46.1 Å². The summed E-state index contributed by atoms with van der Waals surface area (Å²) >= 11 is 0. The van der Waals surface area contributed by atoms with Crippen molar-refractivity contribution in [2.75, 3.05) is 6.61 Å². The van der Waals surface area contributed by atoms with Crippen molar-refractivity contribution in [2.45, 2.75) is 257 Å². The van der Waals surface area contributed by atoms with Gasteiger partial charge in [-0.25, -0.2) is 0 Å². The van der Waals surface area contributed by atoms with E-state index >= 15 is 0 Å². The van der Waals surface area contributed by atoms with Crippen molar-refractivity contribution in [1.29, 1.82) is 0 Å². The van der Waals surface area contributed by atoms with Gasteiger partial charge in [-0.05, 0) is 12.8 Å². The summed E-state index contributed by atoms with van der Waals surface area (Å²) in [5.41, 5.74) is 0. The maximum absolute atomic E-state index is 12.3. The molecule has 0 aliphatic carbocycles. The monoisotopic (exact) mass is 668 g/mol. The second-order valence-corrected chi connectivity index (χ2v) is 15.0. The zero-order chi connectivity index (χ0) is 34.5. The predicted molar refractivity (Wildman–Crippen MR) is 204 cm³/mol. The van der Waals surface area contributed by atoms with Crippen molar-refractivity contribution >= 4 is 5.91 Å². The van der Waals surface area contributed by atoms with Crippen LogP contribution in [-0.2, 0) is 4.79 Å². The number of aliphatic hydroxyl groups excluding tert-OH is 3. The molecule has 0 aromatic rings. The standard InChI is InChI=1S/C42H85NO4/c1-3-5-7-9-11-12-13-14-15-16-17-18-19-20-21-22-23-24-25-26-27-28-30-32-34-36-41(46)40(38-44)43-42(47)37-39(45)35-33-31-29-10-8-6-4-2/h39-41,44-46H,3-38H2,1-2H3,(H,43,47). The van der Waals surface area contributed by atoms with E-state index in [4.69, 9.17) is 0 Å². The number of carbonyl (C=O) groups excluding carboxylic acids is 1. The van der Waals surface area contributed by atoms with Crippen LogP contribution in [0.3, 0.4) is 0 Å². The van der Waals surface area contributed by atoms with E-state index < -0.39 is 18.2 Å². The Labute approximate surface area is 294 Å². The number of carbonyl (C=O) groups is 1. The zero-order valence-corrected chi connectivity index (χ0v) is 31.9. The van der Waals surface area contributed by atoms with Crippen LogP contribution in [0.1, 0.15) is 239 Å². The molecule has 0 saturated carbocycles. The van der Waals surface area contributed by atoms with Gasteiger partial charge in [-0.2, -0.15) is 0 Å². The molecule has 47 heavy (non-hydrogen) atoms. The summed E-state index contributed by atoms with van der Waals surface area (Å²) in [5, 5.41) is 33.1. The van der Waals surface area contributed by atoms with Crippen LogP contribution < -0.4 is 5.32 Å². The van der Waals surface area contributed by atoms with Gasteiger partial charge in [-0.3, -0.25) is 4.79 Å². The minimum absolute atomic E-state index is 0.0402. The van der Waals surface area contributed by atoms with Gasteiger partial charge in [-0.1, -0.05) is 219 Å². The summed E-state index contributed by atoms with van der Waals surface area (Å²) in [5.74, 6) is -0.284. The number of hydrogen-bond acceptors (Lipinski definition) is 4. The number of amides is 1. The molecule has 0 saturated heterocycles. The zero-order valence-electron chi connectivity index (χ0n) is 31.9. The third-order valence-corrected chi connectivity index (χ3v) is 10.2. The molecular weight excluding hydrogens is 582 g/mol. The highest BCUT2D eigenvalue weighted by atomic mass is 16.3. The Morgan fingerprint density at radius 3 is 1.02 bits per heavy atom. The number of hydrogen-bond donors (Lipinski definition) is 4. The number of nitrogens with one attached hydrogen (secondary N) is 1. The summed E-state index contributed by atoms with van der Waals surface area (Å²) in [6, 6.07) is -0.650. The fourth-order valence-corrected chi connectivity index (χ4v) is 6.88. The molecule has 3 unspecified atom stereocenters. The van der Waals surface area contributed by atoms with E-state index in [2.05, 4.69) is 19.2 Å². The summed E-state index contributed by atoms with van der Waals surface area (Å²) in [7, 11) is 0. The second kappa shape index (κ2) is 38.2. The molecule has 0 aromatic carbocycles. The van der Waals surface area contributed by atoms with E-state index in [-0.39, 0.29) is 18.9 Å². The molecule has 0 spiro atoms. The largest absolute Gasteiger partial charge is 0.394 e. The molecule has 0 bridgehead atoms. The Morgan fingerprint density at radius 2 is 0.723 bits per heavy atom. The molecule has 0 aromatic heterocycles. The van der Waals surface area contributed by atoms with Gasteiger partial charge in [-0.15, -0.1) is 0 Å². The topological polar surface area (TPSA) is 89.8 Å². The molecule has 0 aliphatic rings. The molecule has 5 nitrogen and oxygen atoms in total. The maximum Gasteiger partial charge on any atom is 0.222 e. The molecule has 0 rings (SSSR count). The van der Waals surface area contributed by atoms with Crippen molar-refractivity contribution in [3.63, 3.8) is 0 Å². The van der Waals surface area contributed by atoms with Crippen LogP contribution in [0, 0.1) is 0 Å². The van der Waals surface area contributed by atoms with Crippen LogP contribution >= 0.6 is 0 Å². The van der Waals surface area contributed by atoms with Crippen LogP contribution in [0.25, 0.3) is 0 Å². The molecule has 282 valence electrons. The van der Waals surface area contributed by atoms with E-state index in [0.717, 1.165) is 25.7 Å². The molecular formula is C42H85NO4. The van der Waals surface area contributed by atoms with Crippen LogP contribution in [0.15, 0.2) is 0 Å². The third-order valence-electron chi connectivity index (χ3n) is 10.2. The maximum atomic E-state index is 12.3. The van der Waals surface area contributed by atoms with Crippen LogP contribution in [0.2, 0.25) is 0 Å². The summed E-state index contributed by atoms with van der Waals surface area (Å²) < 4.78 is 0. The van der Waals surface area contributed by atoms with Crippen LogP contribution in [0.5, 0.6) is 0 Å². The van der Waals surface area contributed by atoms with Gasteiger partial charge in [0.15, 0.2) is 0 Å². The highest BCUT2D eigenvalue weighted by Gasteiger charge is 2.21. The van der Waals surface area contributed by atoms with Gasteiger partial charge in [0.25, 0.3) is 0 Å². The van der Waals surface area contributed by atoms with Crippen molar-refractivity contribution in [3.05, 3.63) is 0 Å². The normalized spacial score (nSPS) is 13.6. The lowest BCUT2D eigenvalue weighted by Gasteiger charge is -2.23. The lowest BCUT2D eigenvalue weighted by molar-refractivity contribution is -0.125. The molecule has 0 aliphatic heterocycles. The van der Waals surface area contributed by atoms with Crippen molar-refractivity contribution < 1.29 is 20.1 Å². The van der Waals surface area contributed by atoms with Gasteiger partial charge in [0.05, 0.1) is 31.3 Å². The Morgan fingerprint density at radius 1 is 0.447 bits per heavy atom. The highest BCUT2D eigenvalue weighted by Crippen LogP contribution is 2.17. The summed E-state index contributed by atoms with van der Waals surface area (Å²) in [6.07, 6.45) is 42.4. The first-order chi connectivity index (χ1) is 23.0. The molecule has 5 heteroatoms. The smallest absolute Gasteiger partial charge is 0.222 e. The first-order valence-corrected chi connectivity index (χ1v) is 21.3. The fourth-order valence-electron chi connectivity index (χ4n) is 6.88. The Kier molecular flexibility index (Phi) is 37.6. The van der Waals surface area contributed by atoms with Crippen molar-refractivity contribution in [3.8, 4) is 0 Å². The SMILES string of the molecule is CCCCCCCCCCCCCCCCCCCCCCCCCCCC(O)C(CO)NC(=O)CC(O)CCCCCCCCC. The highest BCUT2D eigenvalue weighted by molar-refractivity contribution is 5.76.